The maximum absolute atomic E-state index is 10.8. The van der Waals surface area contributed by atoms with Crippen LogP contribution in [0.25, 0.3) is 0 Å². The first-order chi connectivity index (χ1) is 7.93. The lowest BCUT2D eigenvalue weighted by molar-refractivity contribution is -0.385. The van der Waals surface area contributed by atoms with E-state index in [1.54, 1.807) is 12.1 Å². The zero-order chi connectivity index (χ0) is 13.0. The molecule has 0 aliphatic carbocycles. The molecule has 0 radical (unpaired) electrons. The normalized spacial score (nSPS) is 12.8. The molecule has 0 saturated carbocycles. The number of nitrogens with zero attached hydrogens (tertiary/aromatic N) is 1. The van der Waals surface area contributed by atoms with Gasteiger partial charge in [-0.1, -0.05) is 41.9 Å². The van der Waals surface area contributed by atoms with Gasteiger partial charge in [-0.3, -0.25) is 10.1 Å². The quantitative estimate of drug-likeness (QED) is 0.463. The fraction of sp³-hybridized carbons (Fsp3) is 0.538. The van der Waals surface area contributed by atoms with Crippen molar-refractivity contribution in [3.63, 3.8) is 0 Å². The summed E-state index contributed by atoms with van der Waals surface area (Å²) >= 11 is 3.64. The monoisotopic (exact) mass is 299 g/mol. The summed E-state index contributed by atoms with van der Waals surface area (Å²) in [6, 6.07) is 5.30. The van der Waals surface area contributed by atoms with Crippen LogP contribution < -0.4 is 0 Å². The molecule has 0 aromatic heterocycles. The molecule has 0 N–H and O–H groups in total. The van der Waals surface area contributed by atoms with Crippen molar-refractivity contribution < 1.29 is 4.92 Å². The summed E-state index contributed by atoms with van der Waals surface area (Å²) in [4.78, 5) is 11.0. The predicted molar refractivity (Wildman–Crippen MR) is 73.7 cm³/mol. The van der Waals surface area contributed by atoms with E-state index < -0.39 is 0 Å². The van der Waals surface area contributed by atoms with Crippen molar-refractivity contribution in [2.75, 3.05) is 0 Å². The highest BCUT2D eigenvalue weighted by Gasteiger charge is 2.15. The number of benzene rings is 1. The molecule has 0 fully saturated rings. The maximum Gasteiger partial charge on any atom is 0.272 e. The first kappa shape index (κ1) is 14.2. The average Bonchev–Trinajstić information content (AvgIpc) is 2.26. The molecule has 0 aliphatic rings. The number of nitro benzene ring substituents is 1. The number of rotatable bonds is 5. The van der Waals surface area contributed by atoms with Crippen LogP contribution in [0.15, 0.2) is 18.2 Å². The Morgan fingerprint density at radius 1 is 1.41 bits per heavy atom. The van der Waals surface area contributed by atoms with Gasteiger partial charge in [-0.2, -0.15) is 0 Å². The molecule has 0 heterocycles. The Morgan fingerprint density at radius 3 is 2.59 bits per heavy atom. The average molecular weight is 300 g/mol. The molecule has 1 atom stereocenters. The van der Waals surface area contributed by atoms with Crippen molar-refractivity contribution >= 4 is 21.6 Å². The fourth-order valence-electron chi connectivity index (χ4n) is 1.77. The highest BCUT2D eigenvalue weighted by atomic mass is 79.9. The molecule has 0 saturated heterocycles. The van der Waals surface area contributed by atoms with E-state index in [0.717, 1.165) is 24.0 Å². The second kappa shape index (κ2) is 6.15. The second-order valence-corrected chi connectivity index (χ2v) is 5.79. The molecule has 94 valence electrons. The van der Waals surface area contributed by atoms with E-state index in [9.17, 15) is 10.1 Å². The van der Waals surface area contributed by atoms with Gasteiger partial charge in [-0.15, -0.1) is 0 Å². The molecule has 0 aliphatic heterocycles. The SMILES string of the molecule is Cc1c(CCC(Br)C(C)C)cccc1[N+](=O)[O-]. The third-order valence-corrected chi connectivity index (χ3v) is 4.54. The molecular formula is C13H18BrNO2. The third-order valence-electron chi connectivity index (χ3n) is 3.03. The third kappa shape index (κ3) is 3.80. The molecule has 0 amide bonds. The lowest BCUT2D eigenvalue weighted by Crippen LogP contribution is -2.08. The van der Waals surface area contributed by atoms with Crippen LogP contribution in [0.4, 0.5) is 5.69 Å². The number of aryl methyl sites for hydroxylation is 1. The maximum atomic E-state index is 10.8. The molecule has 4 heteroatoms. The number of hydrogen-bond donors (Lipinski definition) is 0. The molecule has 1 aromatic carbocycles. The van der Waals surface area contributed by atoms with E-state index in [0.29, 0.717) is 10.7 Å². The standard InChI is InChI=1S/C13H18BrNO2/c1-9(2)12(14)8-7-11-5-4-6-13(10(11)3)15(16)17/h4-6,9,12H,7-8H2,1-3H3. The van der Waals surface area contributed by atoms with E-state index >= 15 is 0 Å². The molecule has 3 nitrogen and oxygen atoms in total. The summed E-state index contributed by atoms with van der Waals surface area (Å²) in [6.45, 7) is 6.16. The molecule has 0 bridgehead atoms. The highest BCUT2D eigenvalue weighted by Crippen LogP contribution is 2.24. The smallest absolute Gasteiger partial charge is 0.258 e. The van der Waals surface area contributed by atoms with E-state index in [1.807, 2.05) is 13.0 Å². The highest BCUT2D eigenvalue weighted by molar-refractivity contribution is 9.09. The Hall–Kier alpha value is -0.900. The zero-order valence-electron chi connectivity index (χ0n) is 10.4. The molecule has 0 spiro atoms. The van der Waals surface area contributed by atoms with Crippen molar-refractivity contribution in [2.24, 2.45) is 5.92 Å². The van der Waals surface area contributed by atoms with Crippen molar-refractivity contribution in [3.05, 3.63) is 39.4 Å². The minimum absolute atomic E-state index is 0.221. The van der Waals surface area contributed by atoms with Gasteiger partial charge in [0.05, 0.1) is 4.92 Å². The van der Waals surface area contributed by atoms with Gasteiger partial charge in [-0.05, 0) is 31.2 Å². The van der Waals surface area contributed by atoms with Crippen LogP contribution in [-0.2, 0) is 6.42 Å². The number of nitro groups is 1. The van der Waals surface area contributed by atoms with Crippen molar-refractivity contribution in [1.82, 2.24) is 0 Å². The van der Waals surface area contributed by atoms with E-state index in [4.69, 9.17) is 0 Å². The minimum Gasteiger partial charge on any atom is -0.258 e. The molecule has 1 aromatic rings. The molecule has 17 heavy (non-hydrogen) atoms. The largest absolute Gasteiger partial charge is 0.272 e. The van der Waals surface area contributed by atoms with Gasteiger partial charge >= 0.3 is 0 Å². The lowest BCUT2D eigenvalue weighted by atomic mass is 9.98. The molecular weight excluding hydrogens is 282 g/mol. The number of halogens is 1. The van der Waals surface area contributed by atoms with Gasteiger partial charge in [0.1, 0.15) is 0 Å². The summed E-state index contributed by atoms with van der Waals surface area (Å²) in [5.74, 6) is 0.578. The van der Waals surface area contributed by atoms with E-state index in [2.05, 4.69) is 29.8 Å². The van der Waals surface area contributed by atoms with E-state index in [1.165, 1.54) is 0 Å². The van der Waals surface area contributed by atoms with Crippen LogP contribution in [-0.4, -0.2) is 9.75 Å². The van der Waals surface area contributed by atoms with Crippen LogP contribution in [0.2, 0.25) is 0 Å². The number of hydrogen-bond acceptors (Lipinski definition) is 2. The van der Waals surface area contributed by atoms with Gasteiger partial charge in [0.2, 0.25) is 0 Å². The van der Waals surface area contributed by atoms with E-state index in [-0.39, 0.29) is 10.6 Å². The van der Waals surface area contributed by atoms with Gasteiger partial charge in [-0.25, -0.2) is 0 Å². The van der Waals surface area contributed by atoms with Crippen molar-refractivity contribution in [3.8, 4) is 0 Å². The minimum atomic E-state index is -0.313. The summed E-state index contributed by atoms with van der Waals surface area (Å²) in [5, 5.41) is 10.8. The summed E-state index contributed by atoms with van der Waals surface area (Å²) < 4.78 is 0. The first-order valence-electron chi connectivity index (χ1n) is 5.80. The zero-order valence-corrected chi connectivity index (χ0v) is 12.0. The fourth-order valence-corrected chi connectivity index (χ4v) is 1.99. The Bertz CT molecular complexity index is 404. The Kier molecular flexibility index (Phi) is 5.12. The molecule has 1 unspecified atom stereocenters. The second-order valence-electron chi connectivity index (χ2n) is 4.62. The topological polar surface area (TPSA) is 43.1 Å². The summed E-state index contributed by atoms with van der Waals surface area (Å²) in [6.07, 6.45) is 1.88. The number of alkyl halides is 1. The Labute approximate surface area is 111 Å². The van der Waals surface area contributed by atoms with Crippen LogP contribution in [0, 0.1) is 23.0 Å². The van der Waals surface area contributed by atoms with Crippen LogP contribution in [0.5, 0.6) is 0 Å². The van der Waals surface area contributed by atoms with Gasteiger partial charge in [0, 0.05) is 16.5 Å². The first-order valence-corrected chi connectivity index (χ1v) is 6.72. The van der Waals surface area contributed by atoms with Crippen LogP contribution >= 0.6 is 15.9 Å². The Balaban J connectivity index is 2.79. The van der Waals surface area contributed by atoms with Crippen LogP contribution in [0.3, 0.4) is 0 Å². The molecule has 1 rings (SSSR count). The van der Waals surface area contributed by atoms with Crippen molar-refractivity contribution in [1.29, 1.82) is 0 Å². The van der Waals surface area contributed by atoms with Gasteiger partial charge in [0.15, 0.2) is 0 Å². The van der Waals surface area contributed by atoms with Crippen LogP contribution in [0.1, 0.15) is 31.4 Å². The summed E-state index contributed by atoms with van der Waals surface area (Å²) in [5.41, 5.74) is 2.09. The summed E-state index contributed by atoms with van der Waals surface area (Å²) in [7, 11) is 0. The van der Waals surface area contributed by atoms with Gasteiger partial charge < -0.3 is 0 Å². The predicted octanol–water partition coefficient (Wildman–Crippen LogP) is 4.26. The van der Waals surface area contributed by atoms with Crippen molar-refractivity contribution in [2.45, 2.75) is 38.4 Å². The lowest BCUT2D eigenvalue weighted by Gasteiger charge is -2.14. The Morgan fingerprint density at radius 2 is 2.06 bits per heavy atom. The van der Waals surface area contributed by atoms with Gasteiger partial charge in [0.25, 0.3) is 5.69 Å².